The van der Waals surface area contributed by atoms with E-state index in [0.717, 1.165) is 27.6 Å². The lowest BCUT2D eigenvalue weighted by Crippen LogP contribution is -2.52. The van der Waals surface area contributed by atoms with Crippen molar-refractivity contribution in [1.29, 1.82) is 0 Å². The second-order valence-corrected chi connectivity index (χ2v) is 9.28. The van der Waals surface area contributed by atoms with Gasteiger partial charge >= 0.3 is 0 Å². The van der Waals surface area contributed by atoms with Crippen LogP contribution >= 0.6 is 15.9 Å². The summed E-state index contributed by atoms with van der Waals surface area (Å²) in [6.45, 7) is 0.956. The molecule has 1 unspecified atom stereocenters. The number of nitrogens with two attached hydrogens (primary N) is 1. The van der Waals surface area contributed by atoms with Crippen LogP contribution in [0, 0.1) is 0 Å². The quantitative estimate of drug-likeness (QED) is 0.504. The highest BCUT2D eigenvalue weighted by molar-refractivity contribution is 9.10. The maximum Gasteiger partial charge on any atom is 0.243 e. The van der Waals surface area contributed by atoms with Crippen LogP contribution < -0.4 is 11.1 Å². The van der Waals surface area contributed by atoms with Crippen molar-refractivity contribution >= 4 is 27.7 Å². The minimum atomic E-state index is -0.784. The highest BCUT2D eigenvalue weighted by atomic mass is 79.9. The summed E-state index contributed by atoms with van der Waals surface area (Å²) in [6, 6.07) is 26.2. The summed E-state index contributed by atoms with van der Waals surface area (Å²) < 4.78 is 0.964. The van der Waals surface area contributed by atoms with Gasteiger partial charge in [0, 0.05) is 23.5 Å². The highest BCUT2D eigenvalue weighted by Gasteiger charge is 2.39. The number of halogens is 1. The summed E-state index contributed by atoms with van der Waals surface area (Å²) in [4.78, 5) is 28.2. The van der Waals surface area contributed by atoms with Gasteiger partial charge in [0.25, 0.3) is 0 Å². The molecular weight excluding hydrogens is 478 g/mol. The predicted octanol–water partition coefficient (Wildman–Crippen LogP) is 4.22. The number of hydrogen-bond acceptors (Lipinski definition) is 3. The number of carbonyl (C=O) groups is 2. The van der Waals surface area contributed by atoms with Crippen LogP contribution in [-0.4, -0.2) is 35.3 Å². The zero-order valence-electron chi connectivity index (χ0n) is 18.4. The SMILES string of the molecule is N[C@@H](C(=O)N1CCCC1C(=O)NCc1cccc(Br)c1)C(c1ccccc1)c1ccccc1. The van der Waals surface area contributed by atoms with E-state index in [0.29, 0.717) is 19.5 Å². The van der Waals surface area contributed by atoms with Gasteiger partial charge < -0.3 is 16.0 Å². The van der Waals surface area contributed by atoms with E-state index < -0.39 is 12.1 Å². The lowest BCUT2D eigenvalue weighted by atomic mass is 9.84. The van der Waals surface area contributed by atoms with E-state index in [1.807, 2.05) is 84.9 Å². The Morgan fingerprint density at radius 2 is 1.61 bits per heavy atom. The van der Waals surface area contributed by atoms with E-state index in [9.17, 15) is 9.59 Å². The molecule has 5 nitrogen and oxygen atoms in total. The van der Waals surface area contributed by atoms with Gasteiger partial charge in [-0.3, -0.25) is 9.59 Å². The molecule has 33 heavy (non-hydrogen) atoms. The normalized spacial score (nSPS) is 16.6. The average Bonchev–Trinajstić information content (AvgIpc) is 3.34. The second-order valence-electron chi connectivity index (χ2n) is 8.36. The molecule has 1 fully saturated rings. The minimum absolute atomic E-state index is 0.135. The lowest BCUT2D eigenvalue weighted by Gasteiger charge is -2.31. The maximum absolute atomic E-state index is 13.6. The first kappa shape index (κ1) is 23.2. The van der Waals surface area contributed by atoms with Crippen LogP contribution in [0.1, 0.15) is 35.4 Å². The van der Waals surface area contributed by atoms with E-state index in [-0.39, 0.29) is 17.7 Å². The molecule has 0 spiro atoms. The number of nitrogens with one attached hydrogen (secondary N) is 1. The first-order chi connectivity index (χ1) is 16.0. The molecule has 1 heterocycles. The molecule has 1 saturated heterocycles. The molecule has 6 heteroatoms. The molecular formula is C27H28BrN3O2. The fraction of sp³-hybridized carbons (Fsp3) is 0.259. The first-order valence-electron chi connectivity index (χ1n) is 11.2. The summed E-state index contributed by atoms with van der Waals surface area (Å²) in [5, 5.41) is 2.99. The zero-order chi connectivity index (χ0) is 23.2. The maximum atomic E-state index is 13.6. The van der Waals surface area contributed by atoms with E-state index in [1.165, 1.54) is 0 Å². The van der Waals surface area contributed by atoms with Gasteiger partial charge in [-0.05, 0) is 41.7 Å². The summed E-state index contributed by atoms with van der Waals surface area (Å²) in [5.41, 5.74) is 9.59. The van der Waals surface area contributed by atoms with Crippen LogP contribution in [-0.2, 0) is 16.1 Å². The number of rotatable bonds is 7. The van der Waals surface area contributed by atoms with Crippen LogP contribution in [0.4, 0.5) is 0 Å². The Labute approximate surface area is 203 Å². The van der Waals surface area contributed by atoms with Crippen LogP contribution in [0.5, 0.6) is 0 Å². The van der Waals surface area contributed by atoms with E-state index in [4.69, 9.17) is 5.73 Å². The van der Waals surface area contributed by atoms with Crippen molar-refractivity contribution < 1.29 is 9.59 Å². The molecule has 0 bridgehead atoms. The summed E-state index contributed by atoms with van der Waals surface area (Å²) in [6.07, 6.45) is 1.43. The van der Waals surface area contributed by atoms with Crippen LogP contribution in [0.25, 0.3) is 0 Å². The third kappa shape index (κ3) is 5.52. The van der Waals surface area contributed by atoms with Gasteiger partial charge in [0.1, 0.15) is 6.04 Å². The van der Waals surface area contributed by atoms with E-state index in [2.05, 4.69) is 21.2 Å². The molecule has 0 radical (unpaired) electrons. The molecule has 0 aromatic heterocycles. The average molecular weight is 506 g/mol. The molecule has 2 atom stereocenters. The number of hydrogen-bond donors (Lipinski definition) is 2. The Morgan fingerprint density at radius 3 is 2.21 bits per heavy atom. The third-order valence-corrected chi connectivity index (χ3v) is 6.65. The Kier molecular flexibility index (Phi) is 7.57. The van der Waals surface area contributed by atoms with Crippen molar-refractivity contribution in [3.63, 3.8) is 0 Å². The third-order valence-electron chi connectivity index (χ3n) is 6.16. The molecule has 1 aliphatic rings. The minimum Gasteiger partial charge on any atom is -0.350 e. The molecule has 0 aliphatic carbocycles. The molecule has 170 valence electrons. The monoisotopic (exact) mass is 505 g/mol. The lowest BCUT2D eigenvalue weighted by molar-refractivity contribution is -0.139. The van der Waals surface area contributed by atoms with Gasteiger partial charge in [0.05, 0.1) is 6.04 Å². The summed E-state index contributed by atoms with van der Waals surface area (Å²) >= 11 is 3.45. The number of likely N-dealkylation sites (tertiary alicyclic amines) is 1. The van der Waals surface area contributed by atoms with Crippen molar-refractivity contribution in [2.24, 2.45) is 5.73 Å². The van der Waals surface area contributed by atoms with Crippen molar-refractivity contribution in [2.45, 2.75) is 37.4 Å². The van der Waals surface area contributed by atoms with Gasteiger partial charge in [0.15, 0.2) is 0 Å². The van der Waals surface area contributed by atoms with Crippen LogP contribution in [0.3, 0.4) is 0 Å². The summed E-state index contributed by atoms with van der Waals surface area (Å²) in [7, 11) is 0. The first-order valence-corrected chi connectivity index (χ1v) is 12.0. The highest BCUT2D eigenvalue weighted by Crippen LogP contribution is 2.30. The Bertz CT molecular complexity index is 1050. The van der Waals surface area contributed by atoms with Crippen molar-refractivity contribution in [2.75, 3.05) is 6.54 Å². The molecule has 0 saturated carbocycles. The van der Waals surface area contributed by atoms with E-state index in [1.54, 1.807) is 4.90 Å². The predicted molar refractivity (Wildman–Crippen MR) is 133 cm³/mol. The summed E-state index contributed by atoms with van der Waals surface area (Å²) in [5.74, 6) is -0.609. The molecule has 3 aromatic carbocycles. The van der Waals surface area contributed by atoms with Gasteiger partial charge in [0.2, 0.25) is 11.8 Å². The zero-order valence-corrected chi connectivity index (χ0v) is 19.9. The van der Waals surface area contributed by atoms with E-state index >= 15 is 0 Å². The number of benzene rings is 3. The Morgan fingerprint density at radius 1 is 0.970 bits per heavy atom. The number of amides is 2. The molecule has 4 rings (SSSR count). The molecule has 1 aliphatic heterocycles. The largest absolute Gasteiger partial charge is 0.350 e. The van der Waals surface area contributed by atoms with Crippen molar-refractivity contribution in [3.8, 4) is 0 Å². The Hall–Kier alpha value is -2.96. The topological polar surface area (TPSA) is 75.4 Å². The second kappa shape index (κ2) is 10.8. The van der Waals surface area contributed by atoms with Gasteiger partial charge in [-0.2, -0.15) is 0 Å². The van der Waals surface area contributed by atoms with Crippen LogP contribution in [0.15, 0.2) is 89.4 Å². The fourth-order valence-corrected chi connectivity index (χ4v) is 4.97. The Balaban J connectivity index is 1.50. The standard InChI is InChI=1S/C27H28BrN3O2/c28-22-14-7-9-19(17-22)18-30-26(32)23-15-8-16-31(23)27(33)25(29)24(20-10-3-1-4-11-20)21-12-5-2-6-13-21/h1-7,9-14,17,23-25H,8,15-16,18,29H2,(H,30,32)/t23?,25-/m1/s1. The van der Waals surface area contributed by atoms with Gasteiger partial charge in [-0.25, -0.2) is 0 Å². The molecule has 3 N–H and O–H groups in total. The van der Waals surface area contributed by atoms with Crippen molar-refractivity contribution in [3.05, 3.63) is 106 Å². The number of nitrogens with zero attached hydrogens (tertiary/aromatic N) is 1. The van der Waals surface area contributed by atoms with Crippen molar-refractivity contribution in [1.82, 2.24) is 10.2 Å². The fourth-order valence-electron chi connectivity index (χ4n) is 4.52. The van der Waals surface area contributed by atoms with Crippen LogP contribution in [0.2, 0.25) is 0 Å². The van der Waals surface area contributed by atoms with Gasteiger partial charge in [-0.1, -0.05) is 88.7 Å². The van der Waals surface area contributed by atoms with Gasteiger partial charge in [-0.15, -0.1) is 0 Å². The molecule has 3 aromatic rings. The molecule has 2 amide bonds. The smallest absolute Gasteiger partial charge is 0.243 e. The number of carbonyl (C=O) groups excluding carboxylic acids is 2.